The summed E-state index contributed by atoms with van der Waals surface area (Å²) < 4.78 is 0.672. The Balaban J connectivity index is 2.90. The van der Waals surface area contributed by atoms with Gasteiger partial charge in [-0.05, 0) is 12.1 Å². The van der Waals surface area contributed by atoms with Crippen molar-refractivity contribution in [1.29, 1.82) is 0 Å². The number of halogens is 3. The highest BCUT2D eigenvalue weighted by Crippen LogP contribution is 2.17. The molecule has 0 heterocycles. The summed E-state index contributed by atoms with van der Waals surface area (Å²) in [6, 6.07) is 7.25. The largest absolute Gasteiger partial charge is 0.292 e. The van der Waals surface area contributed by atoms with Gasteiger partial charge in [-0.3, -0.25) is 4.79 Å². The zero-order valence-corrected chi connectivity index (χ0v) is 10.7. The van der Waals surface area contributed by atoms with Crippen LogP contribution in [0, 0.1) is 0 Å². The number of rotatable bonds is 2. The Morgan fingerprint density at radius 2 is 1.67 bits per heavy atom. The first-order valence-electron chi connectivity index (χ1n) is 3.19. The maximum atomic E-state index is 11.3. The molecule has 0 bridgehead atoms. The molecule has 1 aromatic carbocycles. The van der Waals surface area contributed by atoms with Crippen molar-refractivity contribution >= 4 is 53.6 Å². The molecule has 0 saturated heterocycles. The van der Waals surface area contributed by atoms with Gasteiger partial charge in [0.1, 0.15) is 3.74 Å². The molecule has 0 atom stereocenters. The second-order valence-corrected chi connectivity index (χ2v) is 6.15. The molecule has 0 radical (unpaired) electrons. The normalized spacial score (nSPS) is 10.3. The molecule has 0 aliphatic heterocycles. The Bertz CT molecular complexity index is 279. The number of Topliss-reactive ketones (excluding diaryl/α,β-unsaturated/α-hetero) is 1. The van der Waals surface area contributed by atoms with Crippen molar-refractivity contribution in [2.75, 3.05) is 0 Å². The minimum Gasteiger partial charge on any atom is -0.292 e. The highest BCUT2D eigenvalue weighted by molar-refractivity contribution is 9.25. The average Bonchev–Trinajstić information content (AvgIpc) is 2.04. The predicted octanol–water partition coefficient (Wildman–Crippen LogP) is 3.75. The fraction of sp³-hybridized carbons (Fsp3) is 0.125. The van der Waals surface area contributed by atoms with Crippen LogP contribution in [0.5, 0.6) is 0 Å². The lowest BCUT2D eigenvalue weighted by atomic mass is 10.2. The van der Waals surface area contributed by atoms with Crippen molar-refractivity contribution < 1.29 is 4.79 Å². The molecule has 0 fully saturated rings. The zero-order valence-electron chi connectivity index (χ0n) is 5.93. The van der Waals surface area contributed by atoms with E-state index in [1.165, 1.54) is 0 Å². The first-order valence-corrected chi connectivity index (χ1v) is 5.81. The van der Waals surface area contributed by atoms with Crippen LogP contribution in [0.4, 0.5) is 0 Å². The van der Waals surface area contributed by atoms with Gasteiger partial charge >= 0.3 is 0 Å². The first-order chi connectivity index (χ1) is 5.61. The summed E-state index contributed by atoms with van der Waals surface area (Å²) in [5, 5.41) is 0. The topological polar surface area (TPSA) is 17.1 Å². The molecule has 0 N–H and O–H groups in total. The SMILES string of the molecule is O=C(c1ccc(Br)cc1)C(Br)Br. The van der Waals surface area contributed by atoms with Gasteiger partial charge in [0.2, 0.25) is 0 Å². The lowest BCUT2D eigenvalue weighted by Gasteiger charge is -2.00. The summed E-state index contributed by atoms with van der Waals surface area (Å²) >= 11 is 9.60. The smallest absolute Gasteiger partial charge is 0.187 e. The number of alkyl halides is 2. The Morgan fingerprint density at radius 3 is 2.08 bits per heavy atom. The second kappa shape index (κ2) is 4.53. The third-order valence-electron chi connectivity index (χ3n) is 1.33. The van der Waals surface area contributed by atoms with Gasteiger partial charge in [0, 0.05) is 10.0 Å². The number of hydrogen-bond acceptors (Lipinski definition) is 1. The van der Waals surface area contributed by atoms with E-state index in [-0.39, 0.29) is 9.52 Å². The monoisotopic (exact) mass is 354 g/mol. The summed E-state index contributed by atoms with van der Waals surface area (Å²) in [5.74, 6) is 0.0301. The number of carbonyl (C=O) groups excluding carboxylic acids is 1. The van der Waals surface area contributed by atoms with E-state index in [4.69, 9.17) is 0 Å². The summed E-state index contributed by atoms with van der Waals surface area (Å²) in [6.45, 7) is 0. The quantitative estimate of drug-likeness (QED) is 0.582. The minimum absolute atomic E-state index is 0.0301. The van der Waals surface area contributed by atoms with Crippen LogP contribution in [0.1, 0.15) is 10.4 Å². The van der Waals surface area contributed by atoms with Crippen molar-refractivity contribution in [3.05, 3.63) is 34.3 Å². The molecule has 1 nitrogen and oxygen atoms in total. The fourth-order valence-corrected chi connectivity index (χ4v) is 1.53. The van der Waals surface area contributed by atoms with Crippen molar-refractivity contribution in [2.45, 2.75) is 3.74 Å². The van der Waals surface area contributed by atoms with Crippen LogP contribution in [-0.2, 0) is 0 Å². The standard InChI is InChI=1S/C8H5Br3O/c9-6-3-1-5(2-4-6)7(12)8(10)11/h1-4,8H. The maximum absolute atomic E-state index is 11.3. The van der Waals surface area contributed by atoms with E-state index in [0.717, 1.165) is 4.47 Å². The van der Waals surface area contributed by atoms with Gasteiger partial charge in [0.15, 0.2) is 5.78 Å². The van der Waals surface area contributed by atoms with Gasteiger partial charge in [-0.1, -0.05) is 59.9 Å². The summed E-state index contributed by atoms with van der Waals surface area (Å²) in [5.41, 5.74) is 0.692. The Kier molecular flexibility index (Phi) is 3.93. The molecule has 0 amide bonds. The Labute approximate surface area is 95.9 Å². The molecular formula is C8H5Br3O. The molecule has 0 aliphatic carbocycles. The van der Waals surface area contributed by atoms with Crippen molar-refractivity contribution in [3.8, 4) is 0 Å². The van der Waals surface area contributed by atoms with Crippen LogP contribution in [-0.4, -0.2) is 9.52 Å². The molecule has 1 rings (SSSR count). The molecule has 0 aliphatic rings. The molecule has 1 aromatic rings. The molecule has 0 aromatic heterocycles. The van der Waals surface area contributed by atoms with E-state index in [9.17, 15) is 4.79 Å². The van der Waals surface area contributed by atoms with Crippen LogP contribution < -0.4 is 0 Å². The van der Waals surface area contributed by atoms with E-state index < -0.39 is 0 Å². The van der Waals surface area contributed by atoms with Crippen LogP contribution in [0.2, 0.25) is 0 Å². The third-order valence-corrected chi connectivity index (χ3v) is 2.69. The van der Waals surface area contributed by atoms with Crippen LogP contribution >= 0.6 is 47.8 Å². The van der Waals surface area contributed by atoms with Crippen molar-refractivity contribution in [1.82, 2.24) is 0 Å². The molecule has 4 heteroatoms. The number of hydrogen-bond donors (Lipinski definition) is 0. The van der Waals surface area contributed by atoms with Gasteiger partial charge in [-0.25, -0.2) is 0 Å². The predicted molar refractivity (Wildman–Crippen MR) is 60.1 cm³/mol. The molecule has 0 unspecified atom stereocenters. The van der Waals surface area contributed by atoms with Crippen molar-refractivity contribution in [3.63, 3.8) is 0 Å². The highest BCUT2D eigenvalue weighted by Gasteiger charge is 2.12. The molecular weight excluding hydrogens is 352 g/mol. The van der Waals surface area contributed by atoms with Crippen LogP contribution in [0.15, 0.2) is 28.7 Å². The van der Waals surface area contributed by atoms with Gasteiger partial charge in [0.25, 0.3) is 0 Å². The summed E-state index contributed by atoms with van der Waals surface area (Å²) in [7, 11) is 0. The lowest BCUT2D eigenvalue weighted by molar-refractivity contribution is 0.101. The Hall–Kier alpha value is 0.330. The molecule has 64 valence electrons. The van der Waals surface area contributed by atoms with Crippen LogP contribution in [0.25, 0.3) is 0 Å². The van der Waals surface area contributed by atoms with Gasteiger partial charge in [-0.15, -0.1) is 0 Å². The van der Waals surface area contributed by atoms with Crippen molar-refractivity contribution in [2.24, 2.45) is 0 Å². The first kappa shape index (κ1) is 10.4. The lowest BCUT2D eigenvalue weighted by Crippen LogP contribution is -2.06. The molecule has 12 heavy (non-hydrogen) atoms. The van der Waals surface area contributed by atoms with E-state index in [1.54, 1.807) is 12.1 Å². The third kappa shape index (κ3) is 2.68. The van der Waals surface area contributed by atoms with E-state index in [2.05, 4.69) is 47.8 Å². The number of ketones is 1. The fourth-order valence-electron chi connectivity index (χ4n) is 0.740. The van der Waals surface area contributed by atoms with Crippen LogP contribution in [0.3, 0.4) is 0 Å². The highest BCUT2D eigenvalue weighted by atomic mass is 79.9. The summed E-state index contributed by atoms with van der Waals surface area (Å²) in [6.07, 6.45) is 0. The van der Waals surface area contributed by atoms with E-state index >= 15 is 0 Å². The molecule has 0 saturated carbocycles. The van der Waals surface area contributed by atoms with Gasteiger partial charge in [-0.2, -0.15) is 0 Å². The zero-order chi connectivity index (χ0) is 9.14. The van der Waals surface area contributed by atoms with E-state index in [1.807, 2.05) is 12.1 Å². The maximum Gasteiger partial charge on any atom is 0.187 e. The number of carbonyl (C=O) groups is 1. The number of benzene rings is 1. The average molecular weight is 357 g/mol. The Morgan fingerprint density at radius 1 is 1.17 bits per heavy atom. The second-order valence-electron chi connectivity index (χ2n) is 2.17. The van der Waals surface area contributed by atoms with E-state index in [0.29, 0.717) is 5.56 Å². The van der Waals surface area contributed by atoms with Gasteiger partial charge in [0.05, 0.1) is 0 Å². The minimum atomic E-state index is -0.300. The van der Waals surface area contributed by atoms with Gasteiger partial charge < -0.3 is 0 Å². The summed E-state index contributed by atoms with van der Waals surface area (Å²) in [4.78, 5) is 11.3. The molecule has 0 spiro atoms.